The summed E-state index contributed by atoms with van der Waals surface area (Å²) in [5.74, 6) is -1.22. The number of aryl methyl sites for hydroxylation is 1. The molecule has 0 saturated heterocycles. The van der Waals surface area contributed by atoms with Crippen LogP contribution >= 0.6 is 10.7 Å². The Morgan fingerprint density at radius 1 is 1.47 bits per heavy atom. The summed E-state index contributed by atoms with van der Waals surface area (Å²) in [6.07, 6.45) is 0. The van der Waals surface area contributed by atoms with Crippen LogP contribution in [-0.4, -0.2) is 13.3 Å². The molecule has 0 aliphatic heterocycles. The molecular weight excluding hydrogens is 249 g/mol. The van der Waals surface area contributed by atoms with Crippen LogP contribution in [0, 0.1) is 22.9 Å². The summed E-state index contributed by atoms with van der Waals surface area (Å²) in [4.78, 5) is 8.49. The van der Waals surface area contributed by atoms with E-state index >= 15 is 0 Å². The zero-order valence-corrected chi connectivity index (χ0v) is 8.97. The molecule has 0 aliphatic carbocycles. The van der Waals surface area contributed by atoms with Gasteiger partial charge in [0.1, 0.15) is 0 Å². The largest absolute Gasteiger partial charge is 0.324 e. The molecule has 0 atom stereocenters. The van der Waals surface area contributed by atoms with Gasteiger partial charge in [-0.25, -0.2) is 8.42 Å². The SMILES string of the molecule is Cc1cc(F)c([N+](=O)[O-])c(S(=O)(=O)Cl)c1. The van der Waals surface area contributed by atoms with E-state index in [0.717, 1.165) is 12.1 Å². The second-order valence-electron chi connectivity index (χ2n) is 2.79. The van der Waals surface area contributed by atoms with Crippen molar-refractivity contribution in [3.05, 3.63) is 33.6 Å². The molecule has 0 bridgehead atoms. The van der Waals surface area contributed by atoms with Crippen molar-refractivity contribution < 1.29 is 17.7 Å². The molecule has 1 aromatic rings. The lowest BCUT2D eigenvalue weighted by atomic mass is 10.2. The molecule has 0 radical (unpaired) electrons. The van der Waals surface area contributed by atoms with Gasteiger partial charge in [0.15, 0.2) is 4.90 Å². The molecule has 8 heteroatoms. The topological polar surface area (TPSA) is 77.3 Å². The van der Waals surface area contributed by atoms with Gasteiger partial charge in [-0.2, -0.15) is 4.39 Å². The maximum Gasteiger partial charge on any atom is 0.324 e. The highest BCUT2D eigenvalue weighted by atomic mass is 35.7. The Morgan fingerprint density at radius 3 is 2.40 bits per heavy atom. The summed E-state index contributed by atoms with van der Waals surface area (Å²) in [5.41, 5.74) is -0.895. The van der Waals surface area contributed by atoms with Crippen LogP contribution in [0.3, 0.4) is 0 Å². The summed E-state index contributed by atoms with van der Waals surface area (Å²) in [5, 5.41) is 10.4. The van der Waals surface area contributed by atoms with E-state index in [0.29, 0.717) is 0 Å². The van der Waals surface area contributed by atoms with E-state index in [1.807, 2.05) is 0 Å². The quantitative estimate of drug-likeness (QED) is 0.459. The van der Waals surface area contributed by atoms with Crippen molar-refractivity contribution in [1.82, 2.24) is 0 Å². The van der Waals surface area contributed by atoms with Gasteiger partial charge in [-0.1, -0.05) is 0 Å². The van der Waals surface area contributed by atoms with Gasteiger partial charge < -0.3 is 0 Å². The Balaban J connectivity index is 3.70. The predicted octanol–water partition coefficient (Wildman–Crippen LogP) is 1.97. The first-order valence-electron chi connectivity index (χ1n) is 3.62. The second kappa shape index (κ2) is 3.74. The molecule has 1 rings (SSSR count). The summed E-state index contributed by atoms with van der Waals surface area (Å²) in [6, 6.07) is 1.81. The minimum absolute atomic E-state index is 0.234. The molecule has 0 spiro atoms. The van der Waals surface area contributed by atoms with Crippen LogP contribution in [0.25, 0.3) is 0 Å². The van der Waals surface area contributed by atoms with Gasteiger partial charge in [0.05, 0.1) is 4.92 Å². The third-order valence-corrected chi connectivity index (χ3v) is 2.95. The van der Waals surface area contributed by atoms with Crippen molar-refractivity contribution >= 4 is 25.4 Å². The number of nitro groups is 1. The number of nitro benzene ring substituents is 1. The summed E-state index contributed by atoms with van der Waals surface area (Å²) >= 11 is 0. The van der Waals surface area contributed by atoms with Crippen molar-refractivity contribution in [3.8, 4) is 0 Å². The minimum atomic E-state index is -4.33. The van der Waals surface area contributed by atoms with Crippen LogP contribution in [0.1, 0.15) is 5.56 Å². The summed E-state index contributed by atoms with van der Waals surface area (Å²) in [7, 11) is 0.620. The zero-order valence-electron chi connectivity index (χ0n) is 7.40. The highest BCUT2D eigenvalue weighted by Crippen LogP contribution is 2.30. The average Bonchev–Trinajstić information content (AvgIpc) is 1.99. The van der Waals surface area contributed by atoms with Gasteiger partial charge in [0, 0.05) is 10.7 Å². The lowest BCUT2D eigenvalue weighted by Gasteiger charge is -2.01. The lowest BCUT2D eigenvalue weighted by Crippen LogP contribution is -2.02. The fraction of sp³-hybridized carbons (Fsp3) is 0.143. The van der Waals surface area contributed by atoms with Crippen molar-refractivity contribution in [2.45, 2.75) is 11.8 Å². The number of halogens is 2. The van der Waals surface area contributed by atoms with Crippen molar-refractivity contribution in [3.63, 3.8) is 0 Å². The van der Waals surface area contributed by atoms with E-state index < -0.39 is 30.4 Å². The first-order chi connectivity index (χ1) is 6.73. The van der Waals surface area contributed by atoms with Crippen molar-refractivity contribution in [1.29, 1.82) is 0 Å². The number of nitrogens with zero attached hydrogens (tertiary/aromatic N) is 1. The van der Waals surface area contributed by atoms with Gasteiger partial charge >= 0.3 is 5.69 Å². The highest BCUT2D eigenvalue weighted by molar-refractivity contribution is 8.13. The molecule has 15 heavy (non-hydrogen) atoms. The molecule has 0 saturated carbocycles. The Kier molecular flexibility index (Phi) is 2.96. The summed E-state index contributed by atoms with van der Waals surface area (Å²) in [6.45, 7) is 1.40. The van der Waals surface area contributed by atoms with Crippen LogP contribution < -0.4 is 0 Å². The molecule has 0 amide bonds. The maximum atomic E-state index is 13.1. The maximum absolute atomic E-state index is 13.1. The molecule has 0 aliphatic rings. The summed E-state index contributed by atoms with van der Waals surface area (Å²) < 4.78 is 35.0. The molecular formula is C7H5ClFNO4S. The predicted molar refractivity (Wildman–Crippen MR) is 50.8 cm³/mol. The van der Waals surface area contributed by atoms with Gasteiger partial charge in [-0.15, -0.1) is 0 Å². The van der Waals surface area contributed by atoms with Gasteiger partial charge in [0.25, 0.3) is 9.05 Å². The normalized spacial score (nSPS) is 11.4. The van der Waals surface area contributed by atoms with Crippen LogP contribution in [0.5, 0.6) is 0 Å². The molecule has 0 N–H and O–H groups in total. The van der Waals surface area contributed by atoms with Gasteiger partial charge in [-0.05, 0) is 24.6 Å². The van der Waals surface area contributed by atoms with Crippen LogP contribution in [0.4, 0.5) is 10.1 Å². The molecule has 0 unspecified atom stereocenters. The van der Waals surface area contributed by atoms with E-state index in [2.05, 4.69) is 0 Å². The molecule has 82 valence electrons. The Hall–Kier alpha value is -1.21. The lowest BCUT2D eigenvalue weighted by molar-refractivity contribution is -0.390. The first-order valence-corrected chi connectivity index (χ1v) is 5.93. The van der Waals surface area contributed by atoms with Gasteiger partial charge in [-0.3, -0.25) is 10.1 Å². The Labute approximate surface area is 89.0 Å². The second-order valence-corrected chi connectivity index (χ2v) is 5.32. The molecule has 0 heterocycles. The van der Waals surface area contributed by atoms with Gasteiger partial charge in [0.2, 0.25) is 5.82 Å². The Bertz CT molecular complexity index is 528. The highest BCUT2D eigenvalue weighted by Gasteiger charge is 2.28. The van der Waals surface area contributed by atoms with E-state index in [1.165, 1.54) is 6.92 Å². The molecule has 0 fully saturated rings. The standard InChI is InChI=1S/C7H5ClFNO4S/c1-4-2-5(9)7(10(11)12)6(3-4)15(8,13)14/h2-3H,1H3. The van der Waals surface area contributed by atoms with E-state index in [1.54, 1.807) is 0 Å². The van der Waals surface area contributed by atoms with E-state index in [9.17, 15) is 22.9 Å². The molecule has 5 nitrogen and oxygen atoms in total. The third-order valence-electron chi connectivity index (χ3n) is 1.62. The molecule has 0 aromatic heterocycles. The number of hydrogen-bond acceptors (Lipinski definition) is 4. The smallest absolute Gasteiger partial charge is 0.258 e. The number of rotatable bonds is 2. The van der Waals surface area contributed by atoms with E-state index in [-0.39, 0.29) is 5.56 Å². The zero-order chi connectivity index (χ0) is 11.8. The fourth-order valence-electron chi connectivity index (χ4n) is 1.07. The molecule has 1 aromatic carbocycles. The van der Waals surface area contributed by atoms with E-state index in [4.69, 9.17) is 10.7 Å². The number of hydrogen-bond donors (Lipinski definition) is 0. The van der Waals surface area contributed by atoms with Crippen LogP contribution in [0.2, 0.25) is 0 Å². The number of benzene rings is 1. The monoisotopic (exact) mass is 253 g/mol. The third kappa shape index (κ3) is 2.42. The van der Waals surface area contributed by atoms with Crippen molar-refractivity contribution in [2.24, 2.45) is 0 Å². The van der Waals surface area contributed by atoms with Crippen LogP contribution in [-0.2, 0) is 9.05 Å². The first kappa shape index (κ1) is 11.9. The minimum Gasteiger partial charge on any atom is -0.258 e. The fourth-order valence-corrected chi connectivity index (χ4v) is 2.15. The average molecular weight is 254 g/mol. The Morgan fingerprint density at radius 2 is 2.00 bits per heavy atom. The van der Waals surface area contributed by atoms with Crippen LogP contribution in [0.15, 0.2) is 17.0 Å². The van der Waals surface area contributed by atoms with Crippen molar-refractivity contribution in [2.75, 3.05) is 0 Å².